The fourth-order valence-corrected chi connectivity index (χ4v) is 2.49. The van der Waals surface area contributed by atoms with Crippen LogP contribution in [0.1, 0.15) is 24.2 Å². The number of carbonyl (C=O) groups excluding carboxylic acids is 2. The molecule has 2 atom stereocenters. The summed E-state index contributed by atoms with van der Waals surface area (Å²) < 4.78 is 10.9. The molecule has 1 amide bonds. The number of nitrogens with zero attached hydrogens (tertiary/aromatic N) is 2. The molecule has 1 aromatic carbocycles. The number of hydrogen-bond donors (Lipinski definition) is 0. The Morgan fingerprint density at radius 3 is 2.65 bits per heavy atom. The van der Waals surface area contributed by atoms with Gasteiger partial charge in [-0.05, 0) is 19.9 Å². The summed E-state index contributed by atoms with van der Waals surface area (Å²) in [6, 6.07) is 3.66. The van der Waals surface area contributed by atoms with E-state index in [0.717, 1.165) is 6.07 Å². The summed E-state index contributed by atoms with van der Waals surface area (Å²) >= 11 is 0. The Labute approximate surface area is 133 Å². The molecule has 2 rings (SSSR count). The highest BCUT2D eigenvalue weighted by atomic mass is 16.6. The van der Waals surface area contributed by atoms with Crippen LogP contribution in [0.2, 0.25) is 0 Å². The van der Waals surface area contributed by atoms with Crippen LogP contribution in [0.15, 0.2) is 18.2 Å². The van der Waals surface area contributed by atoms with Gasteiger partial charge in [0.25, 0.3) is 11.6 Å². The number of rotatable bonds is 5. The first-order chi connectivity index (χ1) is 10.9. The SMILES string of the molecule is C[C@@H]1CN(C(=O)COc2ccc([N+](=O)[O-])cc2C=O)C[C@@H](C)O1. The third-order valence-corrected chi connectivity index (χ3v) is 3.45. The lowest BCUT2D eigenvalue weighted by Crippen LogP contribution is -2.49. The lowest BCUT2D eigenvalue weighted by molar-refractivity contribution is -0.384. The number of hydrogen-bond acceptors (Lipinski definition) is 6. The molecule has 0 radical (unpaired) electrons. The molecule has 1 fully saturated rings. The number of carbonyl (C=O) groups is 2. The zero-order valence-corrected chi connectivity index (χ0v) is 12.9. The first kappa shape index (κ1) is 16.9. The predicted octanol–water partition coefficient (Wildman–Crippen LogP) is 1.42. The van der Waals surface area contributed by atoms with Gasteiger partial charge in [0, 0.05) is 25.2 Å². The molecule has 1 aromatic rings. The lowest BCUT2D eigenvalue weighted by Gasteiger charge is -2.35. The van der Waals surface area contributed by atoms with Crippen LogP contribution >= 0.6 is 0 Å². The van der Waals surface area contributed by atoms with Crippen LogP contribution in [0.4, 0.5) is 5.69 Å². The summed E-state index contributed by atoms with van der Waals surface area (Å²) in [4.78, 5) is 34.9. The van der Waals surface area contributed by atoms with Gasteiger partial charge < -0.3 is 14.4 Å². The van der Waals surface area contributed by atoms with Crippen molar-refractivity contribution < 1.29 is 24.0 Å². The van der Waals surface area contributed by atoms with Crippen molar-refractivity contribution in [1.29, 1.82) is 0 Å². The molecule has 0 aromatic heterocycles. The number of morpholine rings is 1. The van der Waals surface area contributed by atoms with E-state index in [1.165, 1.54) is 12.1 Å². The first-order valence-electron chi connectivity index (χ1n) is 7.20. The summed E-state index contributed by atoms with van der Waals surface area (Å²) in [5, 5.41) is 10.7. The highest BCUT2D eigenvalue weighted by Crippen LogP contribution is 2.23. The van der Waals surface area contributed by atoms with Crippen molar-refractivity contribution in [2.75, 3.05) is 19.7 Å². The Kier molecular flexibility index (Phi) is 5.28. The number of nitro benzene ring substituents is 1. The summed E-state index contributed by atoms with van der Waals surface area (Å²) in [5.41, 5.74) is -0.169. The van der Waals surface area contributed by atoms with E-state index in [9.17, 15) is 19.7 Å². The number of benzene rings is 1. The fourth-order valence-electron chi connectivity index (χ4n) is 2.49. The molecule has 0 aliphatic carbocycles. The Morgan fingerprint density at radius 1 is 1.43 bits per heavy atom. The number of nitro groups is 1. The van der Waals surface area contributed by atoms with Crippen LogP contribution in [0, 0.1) is 10.1 Å². The van der Waals surface area contributed by atoms with Gasteiger partial charge in [0.05, 0.1) is 22.7 Å². The molecule has 0 bridgehead atoms. The van der Waals surface area contributed by atoms with Gasteiger partial charge in [-0.3, -0.25) is 19.7 Å². The summed E-state index contributed by atoms with van der Waals surface area (Å²) in [5.74, 6) is -0.0736. The Balaban J connectivity index is 2.01. The molecule has 0 N–H and O–H groups in total. The van der Waals surface area contributed by atoms with Crippen LogP contribution in [0.3, 0.4) is 0 Å². The van der Waals surface area contributed by atoms with E-state index >= 15 is 0 Å². The number of aldehydes is 1. The average molecular weight is 322 g/mol. The van der Waals surface area contributed by atoms with Crippen LogP contribution in [0.25, 0.3) is 0 Å². The average Bonchev–Trinajstić information content (AvgIpc) is 2.51. The maximum atomic E-state index is 12.2. The first-order valence-corrected chi connectivity index (χ1v) is 7.20. The smallest absolute Gasteiger partial charge is 0.270 e. The van der Waals surface area contributed by atoms with E-state index in [1.807, 2.05) is 13.8 Å². The van der Waals surface area contributed by atoms with E-state index in [4.69, 9.17) is 9.47 Å². The van der Waals surface area contributed by atoms with E-state index in [-0.39, 0.29) is 41.7 Å². The second-order valence-electron chi connectivity index (χ2n) is 5.44. The van der Waals surface area contributed by atoms with Crippen molar-refractivity contribution in [3.8, 4) is 5.75 Å². The maximum absolute atomic E-state index is 12.2. The van der Waals surface area contributed by atoms with Gasteiger partial charge >= 0.3 is 0 Å². The lowest BCUT2D eigenvalue weighted by atomic mass is 10.2. The fraction of sp³-hybridized carbons (Fsp3) is 0.467. The Bertz CT molecular complexity index is 608. The van der Waals surface area contributed by atoms with Gasteiger partial charge in [-0.15, -0.1) is 0 Å². The largest absolute Gasteiger partial charge is 0.483 e. The van der Waals surface area contributed by atoms with Crippen molar-refractivity contribution in [2.24, 2.45) is 0 Å². The van der Waals surface area contributed by atoms with Gasteiger partial charge in [0.1, 0.15) is 5.75 Å². The van der Waals surface area contributed by atoms with E-state index in [2.05, 4.69) is 0 Å². The van der Waals surface area contributed by atoms with Gasteiger partial charge in [-0.1, -0.05) is 0 Å². The van der Waals surface area contributed by atoms with Gasteiger partial charge in [-0.25, -0.2) is 0 Å². The van der Waals surface area contributed by atoms with Crippen LogP contribution < -0.4 is 4.74 Å². The molecule has 1 saturated heterocycles. The van der Waals surface area contributed by atoms with Crippen LogP contribution in [-0.2, 0) is 9.53 Å². The van der Waals surface area contributed by atoms with Crippen molar-refractivity contribution in [1.82, 2.24) is 4.90 Å². The molecule has 8 nitrogen and oxygen atoms in total. The quantitative estimate of drug-likeness (QED) is 0.462. The molecule has 0 unspecified atom stereocenters. The maximum Gasteiger partial charge on any atom is 0.270 e. The number of ether oxygens (including phenoxy) is 2. The summed E-state index contributed by atoms with van der Waals surface area (Å²) in [7, 11) is 0. The van der Waals surface area contributed by atoms with Crippen molar-refractivity contribution in [3.05, 3.63) is 33.9 Å². The molecule has 0 spiro atoms. The number of amides is 1. The van der Waals surface area contributed by atoms with Crippen molar-refractivity contribution in [3.63, 3.8) is 0 Å². The monoisotopic (exact) mass is 322 g/mol. The van der Waals surface area contributed by atoms with E-state index in [0.29, 0.717) is 19.4 Å². The number of non-ortho nitro benzene ring substituents is 1. The van der Waals surface area contributed by atoms with Gasteiger partial charge in [0.15, 0.2) is 12.9 Å². The van der Waals surface area contributed by atoms with Crippen LogP contribution in [0.5, 0.6) is 5.75 Å². The molecule has 124 valence electrons. The third kappa shape index (κ3) is 4.26. The summed E-state index contributed by atoms with van der Waals surface area (Å²) in [6.07, 6.45) is 0.367. The molecule has 1 aliphatic rings. The van der Waals surface area contributed by atoms with E-state index in [1.54, 1.807) is 4.90 Å². The van der Waals surface area contributed by atoms with Gasteiger partial charge in [0.2, 0.25) is 0 Å². The normalized spacial score (nSPS) is 20.9. The van der Waals surface area contributed by atoms with Crippen LogP contribution in [-0.4, -0.2) is 53.9 Å². The molecular weight excluding hydrogens is 304 g/mol. The van der Waals surface area contributed by atoms with E-state index < -0.39 is 4.92 Å². The van der Waals surface area contributed by atoms with Crippen molar-refractivity contribution >= 4 is 17.9 Å². The third-order valence-electron chi connectivity index (χ3n) is 3.45. The Morgan fingerprint density at radius 2 is 2.09 bits per heavy atom. The second-order valence-corrected chi connectivity index (χ2v) is 5.44. The topological polar surface area (TPSA) is 99.0 Å². The highest BCUT2D eigenvalue weighted by Gasteiger charge is 2.26. The second kappa shape index (κ2) is 7.19. The minimum atomic E-state index is -0.599. The molecule has 1 heterocycles. The predicted molar refractivity (Wildman–Crippen MR) is 80.6 cm³/mol. The zero-order valence-electron chi connectivity index (χ0n) is 12.9. The molecule has 0 saturated carbocycles. The van der Waals surface area contributed by atoms with Gasteiger partial charge in [-0.2, -0.15) is 0 Å². The minimum absolute atomic E-state index is 0.0377. The molecule has 8 heteroatoms. The zero-order chi connectivity index (χ0) is 17.0. The summed E-state index contributed by atoms with van der Waals surface area (Å²) in [6.45, 7) is 4.49. The molecule has 1 aliphatic heterocycles. The highest BCUT2D eigenvalue weighted by molar-refractivity contribution is 5.82. The van der Waals surface area contributed by atoms with Crippen molar-refractivity contribution in [2.45, 2.75) is 26.1 Å². The molecule has 23 heavy (non-hydrogen) atoms. The minimum Gasteiger partial charge on any atom is -0.483 e. The standard InChI is InChI=1S/C15H18N2O6/c1-10-6-16(7-11(2)23-10)15(19)9-22-14-4-3-13(17(20)21)5-12(14)8-18/h3-5,8,10-11H,6-7,9H2,1-2H3/t10-,11-/m1/s1. The molecular formula is C15H18N2O6. The Hall–Kier alpha value is -2.48.